The number of nitrogens with one attached hydrogen (secondary N) is 1. The molecule has 3 aromatic rings. The van der Waals surface area contributed by atoms with E-state index < -0.39 is 35.2 Å². The Morgan fingerprint density at radius 2 is 1.83 bits per heavy atom. The first kappa shape index (κ1) is 37.0. The zero-order valence-corrected chi connectivity index (χ0v) is 29.4. The Morgan fingerprint density at radius 3 is 2.58 bits per heavy atom. The molecule has 9 rings (SSSR count). The van der Waals surface area contributed by atoms with Crippen LogP contribution in [0.4, 0.5) is 27.8 Å². The first-order chi connectivity index (χ1) is 25.1. The van der Waals surface area contributed by atoms with Gasteiger partial charge in [-0.15, -0.1) is 0 Å². The van der Waals surface area contributed by atoms with Crippen LogP contribution in [-0.4, -0.2) is 98.2 Å². The summed E-state index contributed by atoms with van der Waals surface area (Å²) in [4.78, 5) is 40.6. The zero-order chi connectivity index (χ0) is 37.7. The number of carboxylic acid groups (broad SMARTS) is 1. The summed E-state index contributed by atoms with van der Waals surface area (Å²) in [5.74, 6) is -2.59. The summed E-state index contributed by atoms with van der Waals surface area (Å²) in [6.07, 6.45) is 4.14. The van der Waals surface area contributed by atoms with Crippen molar-refractivity contribution in [3.63, 3.8) is 0 Å². The van der Waals surface area contributed by atoms with Crippen LogP contribution in [0.5, 0.6) is 11.8 Å². The molecule has 0 spiro atoms. The number of carbonyl (C=O) groups excluding carboxylic acids is 1. The summed E-state index contributed by atoms with van der Waals surface area (Å²) in [7, 11) is 0. The van der Waals surface area contributed by atoms with Gasteiger partial charge in [-0.3, -0.25) is 14.7 Å². The molecule has 6 bridgehead atoms. The van der Waals surface area contributed by atoms with Gasteiger partial charge in [0.05, 0.1) is 16.5 Å². The van der Waals surface area contributed by atoms with Crippen LogP contribution in [0.2, 0.25) is 0 Å². The molecule has 6 aliphatic rings. The number of ether oxygens (including phenoxy) is 1. The summed E-state index contributed by atoms with van der Waals surface area (Å²) in [5.41, 5.74) is 1.94. The molecule has 53 heavy (non-hydrogen) atoms. The Hall–Kier alpha value is -4.34. The number of hydrogen-bond acceptors (Lipinski definition) is 9. The fraction of sp³-hybridized carbons (Fsp3) is 0.595. The lowest BCUT2D eigenvalue weighted by atomic mass is 9.77. The molecule has 7 heterocycles. The average molecular weight is 747 g/mol. The highest BCUT2D eigenvalue weighted by Crippen LogP contribution is 2.45. The molecule has 0 unspecified atom stereocenters. The number of aryl methyl sites for hydroxylation is 1. The van der Waals surface area contributed by atoms with Crippen LogP contribution in [0.15, 0.2) is 18.3 Å². The Kier molecular flexibility index (Phi) is 9.87. The summed E-state index contributed by atoms with van der Waals surface area (Å²) in [6.45, 7) is 4.71. The SMILES string of the molecule is C[C@@]12CCCN(C1)c1nc(OC[C@@]34CCCN3C[C@H](F)C4)nc3c(F)c(ncc13)-c1cc(O)cc3c1[C@H](CCCC(=O)N2)CCC3.O=C(O)C(F)(F)F. The maximum absolute atomic E-state index is 17.0. The minimum absolute atomic E-state index is 0.0365. The van der Waals surface area contributed by atoms with Crippen molar-refractivity contribution >= 4 is 28.6 Å². The molecule has 16 heteroatoms. The predicted octanol–water partition coefficient (Wildman–Crippen LogP) is 6.20. The first-order valence-corrected chi connectivity index (χ1v) is 18.3. The highest BCUT2D eigenvalue weighted by Gasteiger charge is 2.49. The van der Waals surface area contributed by atoms with Crippen molar-refractivity contribution in [1.29, 1.82) is 0 Å². The van der Waals surface area contributed by atoms with Crippen LogP contribution >= 0.6 is 0 Å². The molecular formula is C37H43F5N6O5. The van der Waals surface area contributed by atoms with E-state index in [2.05, 4.69) is 27.0 Å². The number of carbonyl (C=O) groups is 2. The number of phenolic OH excluding ortho intramolecular Hbond substituents is 1. The summed E-state index contributed by atoms with van der Waals surface area (Å²) >= 11 is 0. The lowest BCUT2D eigenvalue weighted by molar-refractivity contribution is -0.192. The van der Waals surface area contributed by atoms with Gasteiger partial charge in [0.1, 0.15) is 35.6 Å². The molecule has 3 saturated heterocycles. The number of benzene rings is 1. The Bertz CT molecular complexity index is 1910. The van der Waals surface area contributed by atoms with E-state index in [1.165, 1.54) is 0 Å². The van der Waals surface area contributed by atoms with Crippen molar-refractivity contribution < 1.29 is 46.5 Å². The lowest BCUT2D eigenvalue weighted by Gasteiger charge is -2.42. The number of hydrogen-bond donors (Lipinski definition) is 3. The van der Waals surface area contributed by atoms with Crippen LogP contribution in [0.1, 0.15) is 88.2 Å². The van der Waals surface area contributed by atoms with Gasteiger partial charge in [0.2, 0.25) is 5.91 Å². The smallest absolute Gasteiger partial charge is 0.490 e. The number of nitrogens with zero attached hydrogens (tertiary/aromatic N) is 5. The molecule has 0 radical (unpaired) electrons. The van der Waals surface area contributed by atoms with E-state index in [-0.39, 0.29) is 41.4 Å². The molecule has 0 saturated carbocycles. The summed E-state index contributed by atoms with van der Waals surface area (Å²) < 4.78 is 69.5. The van der Waals surface area contributed by atoms with Gasteiger partial charge in [0.15, 0.2) is 5.82 Å². The molecule has 5 aliphatic heterocycles. The van der Waals surface area contributed by atoms with Gasteiger partial charge in [-0.1, -0.05) is 0 Å². The number of fused-ring (bicyclic) bond motifs is 6. The predicted molar refractivity (Wildman–Crippen MR) is 184 cm³/mol. The standard InChI is InChI=1S/C35H42F2N6O3.C2HF3O2/c1-34-10-4-12-42(19-34)32-26-17-38-30(25-15-24(44)14-22-8-2-6-21(28(22)25)7-3-9-27(45)41-34)29(37)31(26)39-33(40-32)46-20-35-11-5-13-43(35)18-23(36)16-35;3-2(4,5)1(6)7/h14-15,17,21,23,44H,2-13,16,18-20H2,1H3,(H,41,45);(H,6,7)/t21-,23+,34+,35-;/m0./s1. The number of piperidine rings is 1. The van der Waals surface area contributed by atoms with E-state index in [9.17, 15) is 27.5 Å². The van der Waals surface area contributed by atoms with Gasteiger partial charge in [-0.2, -0.15) is 23.1 Å². The van der Waals surface area contributed by atoms with Gasteiger partial charge < -0.3 is 25.2 Å². The topological polar surface area (TPSA) is 141 Å². The molecule has 1 amide bonds. The number of alkyl halides is 4. The number of anilines is 1. The molecule has 2 aromatic heterocycles. The molecule has 4 atom stereocenters. The molecule has 1 aliphatic carbocycles. The maximum Gasteiger partial charge on any atom is 0.490 e. The van der Waals surface area contributed by atoms with E-state index in [0.717, 1.165) is 75.5 Å². The summed E-state index contributed by atoms with van der Waals surface area (Å²) in [6, 6.07) is 3.45. The third-order valence-electron chi connectivity index (χ3n) is 11.4. The van der Waals surface area contributed by atoms with Gasteiger partial charge >= 0.3 is 18.2 Å². The second kappa shape index (κ2) is 14.1. The number of carboxylic acids is 1. The van der Waals surface area contributed by atoms with Crippen molar-refractivity contribution in [1.82, 2.24) is 25.2 Å². The maximum atomic E-state index is 17.0. The average Bonchev–Trinajstić information content (AvgIpc) is 3.62. The van der Waals surface area contributed by atoms with Crippen molar-refractivity contribution in [3.05, 3.63) is 35.3 Å². The molecule has 11 nitrogen and oxygen atoms in total. The Balaban J connectivity index is 0.000000568. The van der Waals surface area contributed by atoms with Crippen molar-refractivity contribution in [2.75, 3.05) is 37.7 Å². The van der Waals surface area contributed by atoms with Crippen molar-refractivity contribution in [2.24, 2.45) is 0 Å². The fourth-order valence-corrected chi connectivity index (χ4v) is 9.15. The number of aliphatic carboxylic acids is 1. The highest BCUT2D eigenvalue weighted by molar-refractivity contribution is 5.92. The third kappa shape index (κ3) is 7.43. The monoisotopic (exact) mass is 746 g/mol. The molecule has 1 aromatic carbocycles. The van der Waals surface area contributed by atoms with E-state index in [0.29, 0.717) is 49.2 Å². The largest absolute Gasteiger partial charge is 0.508 e. The van der Waals surface area contributed by atoms with Crippen LogP contribution in [0.3, 0.4) is 0 Å². The quantitative estimate of drug-likeness (QED) is 0.265. The zero-order valence-electron chi connectivity index (χ0n) is 29.4. The van der Waals surface area contributed by atoms with Crippen LogP contribution in [0, 0.1) is 5.82 Å². The number of aromatic hydroxyl groups is 1. The van der Waals surface area contributed by atoms with Crippen molar-refractivity contribution in [2.45, 2.75) is 107 Å². The van der Waals surface area contributed by atoms with Crippen LogP contribution in [0.25, 0.3) is 22.2 Å². The molecule has 3 N–H and O–H groups in total. The number of pyridine rings is 1. The van der Waals surface area contributed by atoms with E-state index in [1.54, 1.807) is 18.3 Å². The molecule has 3 fully saturated rings. The van der Waals surface area contributed by atoms with Gasteiger partial charge in [0.25, 0.3) is 0 Å². The minimum atomic E-state index is -5.08. The second-order valence-electron chi connectivity index (χ2n) is 15.4. The number of phenols is 1. The normalized spacial score (nSPS) is 27.2. The second-order valence-corrected chi connectivity index (χ2v) is 15.4. The van der Waals surface area contributed by atoms with Gasteiger partial charge in [0, 0.05) is 44.2 Å². The minimum Gasteiger partial charge on any atom is -0.508 e. The Labute approximate surface area is 302 Å². The third-order valence-corrected chi connectivity index (χ3v) is 11.4. The van der Waals surface area contributed by atoms with Gasteiger partial charge in [-0.25, -0.2) is 13.6 Å². The van der Waals surface area contributed by atoms with Crippen molar-refractivity contribution in [3.8, 4) is 23.0 Å². The Morgan fingerprint density at radius 1 is 1.09 bits per heavy atom. The fourth-order valence-electron chi connectivity index (χ4n) is 9.15. The van der Waals surface area contributed by atoms with Gasteiger partial charge in [-0.05, 0) is 100 Å². The highest BCUT2D eigenvalue weighted by atomic mass is 19.4. The lowest BCUT2D eigenvalue weighted by Crippen LogP contribution is -2.57. The van der Waals surface area contributed by atoms with Crippen LogP contribution < -0.4 is 15.0 Å². The van der Waals surface area contributed by atoms with Crippen LogP contribution in [-0.2, 0) is 16.0 Å². The van der Waals surface area contributed by atoms with E-state index in [4.69, 9.17) is 24.6 Å². The van der Waals surface area contributed by atoms with E-state index in [1.807, 2.05) is 0 Å². The first-order valence-electron chi connectivity index (χ1n) is 18.3. The van der Waals surface area contributed by atoms with E-state index >= 15 is 4.39 Å². The number of aromatic nitrogens is 3. The number of halogens is 5. The number of rotatable bonds is 3. The molecule has 286 valence electrons. The molecular weight excluding hydrogens is 703 g/mol. The number of amides is 1. The summed E-state index contributed by atoms with van der Waals surface area (Å²) in [5, 5.41) is 21.6.